The predicted molar refractivity (Wildman–Crippen MR) is 96.7 cm³/mol. The molecule has 23 heavy (non-hydrogen) atoms. The molecule has 2 aliphatic heterocycles. The summed E-state index contributed by atoms with van der Waals surface area (Å²) in [5, 5.41) is 0. The van der Waals surface area contributed by atoms with E-state index in [4.69, 9.17) is 0 Å². The fraction of sp³-hybridized carbons (Fsp3) is 1.00. The largest absolute Gasteiger partial charge is 0.301 e. The summed E-state index contributed by atoms with van der Waals surface area (Å²) in [5.74, 6) is 1.82. The number of hydrogen-bond donors (Lipinski definition) is 0. The topological polar surface area (TPSA) is 9.72 Å². The first-order chi connectivity index (χ1) is 10.9. The highest BCUT2D eigenvalue weighted by Gasteiger charge is 2.70. The number of hydrogen-bond acceptors (Lipinski definition) is 3. The van der Waals surface area contributed by atoms with Gasteiger partial charge in [-0.1, -0.05) is 13.8 Å². The molecule has 1 atom stereocenters. The van der Waals surface area contributed by atoms with Gasteiger partial charge in [0.2, 0.25) is 0 Å². The molecular weight excluding hydrogens is 282 g/mol. The molecule has 5 aliphatic rings. The van der Waals surface area contributed by atoms with Crippen molar-refractivity contribution in [1.82, 2.24) is 14.7 Å². The maximum absolute atomic E-state index is 2.86. The number of nitrogens with zero attached hydrogens (tertiary/aromatic N) is 3. The number of piperazine rings is 1. The standard InChI is InChI=1S/C20H37N3/c1-16(2)19-13-20(14-19,15-19)23-9-7-21(8-10-23)11-18-5-6-22(12-18)17(3)4/h16-18H,5-15H2,1-4H3/t18-,19?,20?/m1/s1. The Labute approximate surface area is 143 Å². The van der Waals surface area contributed by atoms with Crippen molar-refractivity contribution >= 4 is 0 Å². The molecule has 5 fully saturated rings. The highest BCUT2D eigenvalue weighted by atomic mass is 15.3. The normalized spacial score (nSPS) is 42.3. The van der Waals surface area contributed by atoms with Crippen molar-refractivity contribution in [2.24, 2.45) is 17.3 Å². The quantitative estimate of drug-likeness (QED) is 0.771. The molecule has 2 bridgehead atoms. The van der Waals surface area contributed by atoms with Gasteiger partial charge in [-0.15, -0.1) is 0 Å². The first-order valence-electron chi connectivity index (χ1n) is 10.1. The maximum atomic E-state index is 2.86. The van der Waals surface area contributed by atoms with Gasteiger partial charge in [0, 0.05) is 50.8 Å². The van der Waals surface area contributed by atoms with E-state index in [2.05, 4.69) is 42.4 Å². The summed E-state index contributed by atoms with van der Waals surface area (Å²) in [4.78, 5) is 8.28. The lowest BCUT2D eigenvalue weighted by Crippen LogP contribution is -2.77. The second-order valence-corrected chi connectivity index (χ2v) is 9.80. The first-order valence-corrected chi connectivity index (χ1v) is 10.1. The maximum Gasteiger partial charge on any atom is 0.0226 e. The van der Waals surface area contributed by atoms with Crippen LogP contribution in [0.5, 0.6) is 0 Å². The molecule has 2 saturated heterocycles. The van der Waals surface area contributed by atoms with Crippen LogP contribution in [0, 0.1) is 17.3 Å². The smallest absolute Gasteiger partial charge is 0.0226 e. The molecule has 5 rings (SSSR count). The molecule has 3 aliphatic carbocycles. The highest BCUT2D eigenvalue weighted by molar-refractivity contribution is 5.24. The molecule has 3 saturated carbocycles. The third-order valence-electron chi connectivity index (χ3n) is 7.88. The van der Waals surface area contributed by atoms with E-state index in [-0.39, 0.29) is 0 Å². The second kappa shape index (κ2) is 5.71. The van der Waals surface area contributed by atoms with Crippen molar-refractivity contribution in [3.8, 4) is 0 Å². The van der Waals surface area contributed by atoms with Crippen molar-refractivity contribution in [1.29, 1.82) is 0 Å². The summed E-state index contributed by atoms with van der Waals surface area (Å²) < 4.78 is 0. The molecule has 0 radical (unpaired) electrons. The van der Waals surface area contributed by atoms with E-state index in [0.29, 0.717) is 5.54 Å². The zero-order valence-electron chi connectivity index (χ0n) is 15.9. The molecule has 0 unspecified atom stereocenters. The van der Waals surface area contributed by atoms with Crippen LogP contribution in [-0.2, 0) is 0 Å². The minimum atomic E-state index is 0.651. The van der Waals surface area contributed by atoms with Gasteiger partial charge in [0.1, 0.15) is 0 Å². The van der Waals surface area contributed by atoms with E-state index in [9.17, 15) is 0 Å². The Morgan fingerprint density at radius 3 is 2.09 bits per heavy atom. The molecule has 3 nitrogen and oxygen atoms in total. The Morgan fingerprint density at radius 1 is 0.913 bits per heavy atom. The van der Waals surface area contributed by atoms with Gasteiger partial charge in [-0.05, 0) is 63.3 Å². The fourth-order valence-corrected chi connectivity index (χ4v) is 6.01. The molecule has 0 aromatic rings. The van der Waals surface area contributed by atoms with Crippen LogP contribution in [0.1, 0.15) is 53.4 Å². The SMILES string of the molecule is CC(C)N1CC[C@H](CN2CCN(C34CC(C(C)C)(C3)C4)CC2)C1. The summed E-state index contributed by atoms with van der Waals surface area (Å²) in [6.45, 7) is 18.8. The second-order valence-electron chi connectivity index (χ2n) is 9.80. The average molecular weight is 320 g/mol. The molecule has 0 aromatic heterocycles. The van der Waals surface area contributed by atoms with E-state index in [1.165, 1.54) is 71.5 Å². The van der Waals surface area contributed by atoms with Gasteiger partial charge in [0.05, 0.1) is 0 Å². The summed E-state index contributed by atoms with van der Waals surface area (Å²) in [5.41, 5.74) is 1.40. The lowest BCUT2D eigenvalue weighted by atomic mass is 9.35. The van der Waals surface area contributed by atoms with Crippen LogP contribution >= 0.6 is 0 Å². The van der Waals surface area contributed by atoms with Crippen molar-refractivity contribution < 1.29 is 0 Å². The van der Waals surface area contributed by atoms with Crippen molar-refractivity contribution in [3.63, 3.8) is 0 Å². The first kappa shape index (κ1) is 16.4. The molecule has 0 spiro atoms. The van der Waals surface area contributed by atoms with Crippen molar-refractivity contribution in [3.05, 3.63) is 0 Å². The van der Waals surface area contributed by atoms with Gasteiger partial charge in [0.25, 0.3) is 0 Å². The fourth-order valence-electron chi connectivity index (χ4n) is 6.01. The third-order valence-corrected chi connectivity index (χ3v) is 7.88. The van der Waals surface area contributed by atoms with Gasteiger partial charge in [-0.25, -0.2) is 0 Å². The molecule has 0 amide bonds. The van der Waals surface area contributed by atoms with Gasteiger partial charge in [-0.2, -0.15) is 0 Å². The Bertz CT molecular complexity index is 416. The van der Waals surface area contributed by atoms with Gasteiger partial charge in [-0.3, -0.25) is 4.90 Å². The summed E-state index contributed by atoms with van der Waals surface area (Å²) >= 11 is 0. The minimum absolute atomic E-state index is 0.651. The summed E-state index contributed by atoms with van der Waals surface area (Å²) in [6, 6.07) is 0.731. The van der Waals surface area contributed by atoms with E-state index in [0.717, 1.165) is 23.3 Å². The third kappa shape index (κ3) is 2.67. The number of rotatable bonds is 5. The van der Waals surface area contributed by atoms with Crippen LogP contribution in [0.4, 0.5) is 0 Å². The summed E-state index contributed by atoms with van der Waals surface area (Å²) in [7, 11) is 0. The van der Waals surface area contributed by atoms with Crippen LogP contribution in [-0.4, -0.2) is 72.1 Å². The molecule has 0 N–H and O–H groups in total. The molecule has 2 heterocycles. The Morgan fingerprint density at radius 2 is 1.57 bits per heavy atom. The van der Waals surface area contributed by atoms with Crippen LogP contribution in [0.25, 0.3) is 0 Å². The minimum Gasteiger partial charge on any atom is -0.301 e. The molecule has 132 valence electrons. The van der Waals surface area contributed by atoms with E-state index in [1.807, 2.05) is 0 Å². The Balaban J connectivity index is 1.21. The van der Waals surface area contributed by atoms with Gasteiger partial charge < -0.3 is 9.80 Å². The number of likely N-dealkylation sites (tertiary alicyclic amines) is 1. The van der Waals surface area contributed by atoms with Crippen LogP contribution < -0.4 is 0 Å². The van der Waals surface area contributed by atoms with Crippen LogP contribution in [0.2, 0.25) is 0 Å². The van der Waals surface area contributed by atoms with Crippen molar-refractivity contribution in [2.45, 2.75) is 65.0 Å². The lowest BCUT2D eigenvalue weighted by molar-refractivity contribution is -0.246. The molecular formula is C20H37N3. The lowest BCUT2D eigenvalue weighted by Gasteiger charge is -2.76. The average Bonchev–Trinajstić information content (AvgIpc) is 2.86. The molecule has 3 heteroatoms. The van der Waals surface area contributed by atoms with Crippen LogP contribution in [0.15, 0.2) is 0 Å². The van der Waals surface area contributed by atoms with E-state index < -0.39 is 0 Å². The van der Waals surface area contributed by atoms with Gasteiger partial charge in [0.15, 0.2) is 0 Å². The van der Waals surface area contributed by atoms with E-state index in [1.54, 1.807) is 0 Å². The summed E-state index contributed by atoms with van der Waals surface area (Å²) in [6.07, 6.45) is 5.93. The van der Waals surface area contributed by atoms with Crippen LogP contribution in [0.3, 0.4) is 0 Å². The Kier molecular flexibility index (Phi) is 4.06. The zero-order chi connectivity index (χ0) is 16.2. The zero-order valence-corrected chi connectivity index (χ0v) is 15.9. The van der Waals surface area contributed by atoms with Gasteiger partial charge >= 0.3 is 0 Å². The monoisotopic (exact) mass is 319 g/mol. The van der Waals surface area contributed by atoms with Crippen molar-refractivity contribution in [2.75, 3.05) is 45.8 Å². The van der Waals surface area contributed by atoms with E-state index >= 15 is 0 Å². The highest BCUT2D eigenvalue weighted by Crippen LogP contribution is 2.72. The molecule has 0 aromatic carbocycles. The Hall–Kier alpha value is -0.120. The predicted octanol–water partition coefficient (Wildman–Crippen LogP) is 2.91.